The van der Waals surface area contributed by atoms with E-state index < -0.39 is 5.82 Å². The van der Waals surface area contributed by atoms with E-state index in [2.05, 4.69) is 15.6 Å². The second-order valence-corrected chi connectivity index (χ2v) is 5.30. The van der Waals surface area contributed by atoms with Crippen LogP contribution in [0.4, 0.5) is 10.1 Å². The van der Waals surface area contributed by atoms with E-state index in [4.69, 9.17) is 0 Å². The van der Waals surface area contributed by atoms with Crippen molar-refractivity contribution in [2.75, 3.05) is 11.9 Å². The van der Waals surface area contributed by atoms with Gasteiger partial charge in [-0.2, -0.15) is 0 Å². The zero-order valence-electron chi connectivity index (χ0n) is 11.5. The molecule has 0 spiro atoms. The zero-order valence-corrected chi connectivity index (χ0v) is 11.5. The molecule has 6 heteroatoms. The summed E-state index contributed by atoms with van der Waals surface area (Å²) < 4.78 is 13.4. The van der Waals surface area contributed by atoms with Crippen LogP contribution in [0.2, 0.25) is 0 Å². The van der Waals surface area contributed by atoms with Crippen LogP contribution in [-0.4, -0.2) is 23.3 Å². The lowest BCUT2D eigenvalue weighted by Crippen LogP contribution is -2.31. The number of nitrogens with one attached hydrogen (secondary N) is 3. The Morgan fingerprint density at radius 2 is 2.00 bits per heavy atom. The molecule has 2 aliphatic rings. The average Bonchev–Trinajstić information content (AvgIpc) is 3.03. The standard InChI is InChI=1S/C16H12FN3O2/c17-8-1-2-13-10(5-8)11(16(22)20-13)6-14-9-3-4-18-15(21)12(9)7-19-14/h1-2,5-7,19H,3-4H2,(H,18,21)(H,20,22). The molecule has 4 rings (SSSR count). The first-order valence-electron chi connectivity index (χ1n) is 6.95. The van der Waals surface area contributed by atoms with Crippen molar-refractivity contribution in [2.24, 2.45) is 0 Å². The van der Waals surface area contributed by atoms with Gasteiger partial charge in [0.05, 0.1) is 11.1 Å². The number of carbonyl (C=O) groups excluding carboxylic acids is 2. The lowest BCUT2D eigenvalue weighted by molar-refractivity contribution is -0.110. The fourth-order valence-electron chi connectivity index (χ4n) is 2.91. The van der Waals surface area contributed by atoms with Crippen molar-refractivity contribution >= 4 is 29.2 Å². The molecule has 2 amide bonds. The van der Waals surface area contributed by atoms with Gasteiger partial charge in [-0.3, -0.25) is 9.59 Å². The number of rotatable bonds is 1. The number of halogens is 1. The predicted octanol–water partition coefficient (Wildman–Crippen LogP) is 1.93. The van der Waals surface area contributed by atoms with Crippen LogP contribution in [0.25, 0.3) is 11.6 Å². The minimum atomic E-state index is -0.394. The highest BCUT2D eigenvalue weighted by molar-refractivity contribution is 6.34. The number of H-pyrrole nitrogens is 1. The number of amides is 2. The van der Waals surface area contributed by atoms with Crippen LogP contribution >= 0.6 is 0 Å². The minimum Gasteiger partial charge on any atom is -0.361 e. The molecular formula is C16H12FN3O2. The summed E-state index contributed by atoms with van der Waals surface area (Å²) >= 11 is 0. The number of carbonyl (C=O) groups is 2. The molecule has 0 saturated carbocycles. The highest BCUT2D eigenvalue weighted by Gasteiger charge is 2.26. The fourth-order valence-corrected chi connectivity index (χ4v) is 2.91. The molecule has 3 N–H and O–H groups in total. The molecule has 110 valence electrons. The maximum atomic E-state index is 13.4. The third kappa shape index (κ3) is 1.84. The number of aromatic nitrogens is 1. The summed E-state index contributed by atoms with van der Waals surface area (Å²) in [5, 5.41) is 5.48. The highest BCUT2D eigenvalue weighted by Crippen LogP contribution is 2.34. The minimum absolute atomic E-state index is 0.121. The maximum Gasteiger partial charge on any atom is 0.256 e. The van der Waals surface area contributed by atoms with Crippen LogP contribution < -0.4 is 10.6 Å². The molecule has 2 aromatic rings. The van der Waals surface area contributed by atoms with E-state index in [-0.39, 0.29) is 11.8 Å². The van der Waals surface area contributed by atoms with Gasteiger partial charge >= 0.3 is 0 Å². The van der Waals surface area contributed by atoms with Crippen molar-refractivity contribution in [1.29, 1.82) is 0 Å². The Morgan fingerprint density at radius 1 is 1.14 bits per heavy atom. The monoisotopic (exact) mass is 297 g/mol. The van der Waals surface area contributed by atoms with Crippen LogP contribution in [0, 0.1) is 5.82 Å². The summed E-state index contributed by atoms with van der Waals surface area (Å²) in [6.07, 6.45) is 4.01. The van der Waals surface area contributed by atoms with Crippen LogP contribution in [0.5, 0.6) is 0 Å². The number of anilines is 1. The molecule has 0 unspecified atom stereocenters. The molecule has 2 aliphatic heterocycles. The zero-order chi connectivity index (χ0) is 15.3. The molecule has 0 aliphatic carbocycles. The Labute approximate surface area is 125 Å². The van der Waals surface area contributed by atoms with Crippen molar-refractivity contribution in [3.05, 3.63) is 52.6 Å². The molecule has 1 aromatic carbocycles. The molecule has 0 radical (unpaired) electrons. The summed E-state index contributed by atoms with van der Waals surface area (Å²) in [5.41, 5.74) is 3.71. The highest BCUT2D eigenvalue weighted by atomic mass is 19.1. The third-order valence-corrected chi connectivity index (χ3v) is 3.98. The predicted molar refractivity (Wildman–Crippen MR) is 79.7 cm³/mol. The van der Waals surface area contributed by atoms with Crippen LogP contribution in [0.1, 0.15) is 27.2 Å². The van der Waals surface area contributed by atoms with Gasteiger partial charge in [0.2, 0.25) is 0 Å². The molecule has 0 bridgehead atoms. The summed E-state index contributed by atoms with van der Waals surface area (Å²) in [6, 6.07) is 4.19. The van der Waals surface area contributed by atoms with E-state index in [1.54, 1.807) is 18.3 Å². The lowest BCUT2D eigenvalue weighted by atomic mass is 10.00. The molecule has 5 nitrogen and oxygen atoms in total. The average molecular weight is 297 g/mol. The molecular weight excluding hydrogens is 285 g/mol. The molecule has 0 atom stereocenters. The first kappa shape index (κ1) is 12.8. The van der Waals surface area contributed by atoms with Crippen molar-refractivity contribution in [3.8, 4) is 0 Å². The van der Waals surface area contributed by atoms with E-state index in [1.807, 2.05) is 0 Å². The van der Waals surface area contributed by atoms with Crippen molar-refractivity contribution < 1.29 is 14.0 Å². The second kappa shape index (κ2) is 4.56. The first-order chi connectivity index (χ1) is 10.6. The van der Waals surface area contributed by atoms with Gasteiger partial charge in [-0.15, -0.1) is 0 Å². The van der Waals surface area contributed by atoms with Gasteiger partial charge in [-0.1, -0.05) is 0 Å². The third-order valence-electron chi connectivity index (χ3n) is 3.98. The van der Waals surface area contributed by atoms with E-state index >= 15 is 0 Å². The Bertz CT molecular complexity index is 851. The van der Waals surface area contributed by atoms with Crippen LogP contribution in [-0.2, 0) is 11.2 Å². The number of aromatic amines is 1. The summed E-state index contributed by atoms with van der Waals surface area (Å²) in [6.45, 7) is 0.567. The quantitative estimate of drug-likeness (QED) is 0.704. The Morgan fingerprint density at radius 3 is 2.86 bits per heavy atom. The number of hydrogen-bond donors (Lipinski definition) is 3. The number of benzene rings is 1. The van der Waals surface area contributed by atoms with Crippen LogP contribution in [0.3, 0.4) is 0 Å². The fraction of sp³-hybridized carbons (Fsp3) is 0.125. The van der Waals surface area contributed by atoms with Crippen molar-refractivity contribution in [2.45, 2.75) is 6.42 Å². The topological polar surface area (TPSA) is 74.0 Å². The van der Waals surface area contributed by atoms with E-state index in [0.29, 0.717) is 41.0 Å². The summed E-state index contributed by atoms with van der Waals surface area (Å²) in [7, 11) is 0. The van der Waals surface area contributed by atoms with Gasteiger partial charge in [0.1, 0.15) is 5.82 Å². The molecule has 22 heavy (non-hydrogen) atoms. The second-order valence-electron chi connectivity index (χ2n) is 5.30. The van der Waals surface area contributed by atoms with Crippen molar-refractivity contribution in [1.82, 2.24) is 10.3 Å². The smallest absolute Gasteiger partial charge is 0.256 e. The Balaban J connectivity index is 1.83. The first-order valence-corrected chi connectivity index (χ1v) is 6.95. The number of fused-ring (bicyclic) bond motifs is 2. The Hall–Kier alpha value is -2.89. The van der Waals surface area contributed by atoms with Gasteiger partial charge < -0.3 is 15.6 Å². The largest absolute Gasteiger partial charge is 0.361 e. The molecule has 0 fully saturated rings. The van der Waals surface area contributed by atoms with Gasteiger partial charge in [0.15, 0.2) is 0 Å². The van der Waals surface area contributed by atoms with Gasteiger partial charge in [0.25, 0.3) is 11.8 Å². The molecule has 0 saturated heterocycles. The van der Waals surface area contributed by atoms with E-state index in [9.17, 15) is 14.0 Å². The van der Waals surface area contributed by atoms with E-state index in [1.165, 1.54) is 12.1 Å². The summed E-state index contributed by atoms with van der Waals surface area (Å²) in [5.74, 6) is -0.789. The van der Waals surface area contributed by atoms with Gasteiger partial charge in [-0.25, -0.2) is 4.39 Å². The molecule has 1 aromatic heterocycles. The van der Waals surface area contributed by atoms with Gasteiger partial charge in [0, 0.05) is 29.7 Å². The molecule has 3 heterocycles. The lowest BCUT2D eigenvalue weighted by Gasteiger charge is -2.12. The van der Waals surface area contributed by atoms with Gasteiger partial charge in [-0.05, 0) is 36.3 Å². The van der Waals surface area contributed by atoms with Crippen molar-refractivity contribution in [3.63, 3.8) is 0 Å². The van der Waals surface area contributed by atoms with Crippen LogP contribution in [0.15, 0.2) is 24.4 Å². The summed E-state index contributed by atoms with van der Waals surface area (Å²) in [4.78, 5) is 26.9. The SMILES string of the molecule is O=C1Nc2ccc(F)cc2C1=Cc1[nH]cc2c1CCNC2=O. The Kier molecular flexibility index (Phi) is 2.66. The maximum absolute atomic E-state index is 13.4. The normalized spacial score (nSPS) is 18.0. The number of hydrogen-bond acceptors (Lipinski definition) is 2. The van der Waals surface area contributed by atoms with E-state index in [0.717, 1.165) is 5.56 Å².